The molecule has 3 rings (SSSR count). The summed E-state index contributed by atoms with van der Waals surface area (Å²) in [5.74, 6) is -0.512. The molecule has 30 heavy (non-hydrogen) atoms. The van der Waals surface area contributed by atoms with Crippen LogP contribution in [0.4, 0.5) is 5.69 Å². The summed E-state index contributed by atoms with van der Waals surface area (Å²) in [6.45, 7) is -0.490. The van der Waals surface area contributed by atoms with Gasteiger partial charge < -0.3 is 5.32 Å². The summed E-state index contributed by atoms with van der Waals surface area (Å²) in [5.41, 5.74) is 1.04. The summed E-state index contributed by atoms with van der Waals surface area (Å²) in [5, 5.41) is 3.93. The van der Waals surface area contributed by atoms with Crippen LogP contribution in [0.25, 0.3) is 0 Å². The Bertz CT molecular complexity index is 1150. The number of nitrogens with one attached hydrogen (secondary N) is 1. The van der Waals surface area contributed by atoms with Crippen molar-refractivity contribution >= 4 is 56.4 Å². The lowest BCUT2D eigenvalue weighted by atomic mass is 10.2. The number of amides is 1. The Hall–Kier alpha value is -2.09. The highest BCUT2D eigenvalue weighted by Gasteiger charge is 2.27. The third-order valence-electron chi connectivity index (χ3n) is 4.18. The Morgan fingerprint density at radius 2 is 1.57 bits per heavy atom. The Morgan fingerprint density at radius 3 is 2.23 bits per heavy atom. The van der Waals surface area contributed by atoms with E-state index in [-0.39, 0.29) is 11.4 Å². The maximum atomic E-state index is 13.2. The van der Waals surface area contributed by atoms with E-state index in [1.165, 1.54) is 24.3 Å². The molecule has 0 radical (unpaired) electrons. The number of anilines is 1. The third kappa shape index (κ3) is 5.74. The Labute approximate surface area is 190 Å². The van der Waals surface area contributed by atoms with Crippen LogP contribution in [-0.4, -0.2) is 25.2 Å². The van der Waals surface area contributed by atoms with Crippen LogP contribution in [0.5, 0.6) is 0 Å². The van der Waals surface area contributed by atoms with E-state index in [1.54, 1.807) is 48.5 Å². The van der Waals surface area contributed by atoms with Gasteiger partial charge in [0.25, 0.3) is 0 Å². The molecule has 0 saturated carbocycles. The molecule has 0 saturated heterocycles. The van der Waals surface area contributed by atoms with Crippen molar-refractivity contribution in [3.05, 3.63) is 93.4 Å². The van der Waals surface area contributed by atoms with E-state index in [0.717, 1.165) is 4.31 Å². The molecule has 1 N–H and O–H groups in total. The molecule has 9 heteroatoms. The molecule has 1 amide bonds. The molecule has 0 bridgehead atoms. The number of carbonyl (C=O) groups is 1. The topological polar surface area (TPSA) is 66.5 Å². The van der Waals surface area contributed by atoms with Gasteiger partial charge in [-0.3, -0.25) is 4.79 Å². The first-order valence-corrected chi connectivity index (χ1v) is 11.4. The van der Waals surface area contributed by atoms with Crippen molar-refractivity contribution < 1.29 is 13.2 Å². The first-order valence-electron chi connectivity index (χ1n) is 8.80. The van der Waals surface area contributed by atoms with Crippen LogP contribution < -0.4 is 5.32 Å². The smallest absolute Gasteiger partial charge is 0.243 e. The number of hydrogen-bond donors (Lipinski definition) is 1. The van der Waals surface area contributed by atoms with Gasteiger partial charge in [-0.05, 0) is 54.1 Å². The molecule has 156 valence electrons. The van der Waals surface area contributed by atoms with E-state index >= 15 is 0 Å². The van der Waals surface area contributed by atoms with Crippen molar-refractivity contribution in [3.8, 4) is 0 Å². The van der Waals surface area contributed by atoms with Crippen molar-refractivity contribution in [3.63, 3.8) is 0 Å². The highest BCUT2D eigenvalue weighted by molar-refractivity contribution is 7.89. The number of carbonyl (C=O) groups excluding carboxylic acids is 1. The van der Waals surface area contributed by atoms with Crippen LogP contribution in [0.1, 0.15) is 5.56 Å². The summed E-state index contributed by atoms with van der Waals surface area (Å²) in [7, 11) is -4.00. The van der Waals surface area contributed by atoms with Crippen LogP contribution in [0.3, 0.4) is 0 Å². The molecule has 0 aliphatic heterocycles. The van der Waals surface area contributed by atoms with Gasteiger partial charge in [0.2, 0.25) is 15.9 Å². The number of sulfonamides is 1. The highest BCUT2D eigenvalue weighted by Crippen LogP contribution is 2.24. The largest absolute Gasteiger partial charge is 0.325 e. The molecule has 0 heterocycles. The Kier molecular flexibility index (Phi) is 7.39. The number of rotatable bonds is 7. The first kappa shape index (κ1) is 22.6. The van der Waals surface area contributed by atoms with Crippen molar-refractivity contribution in [1.82, 2.24) is 4.31 Å². The normalized spacial score (nSPS) is 11.5. The molecular weight excluding hydrogens is 467 g/mol. The van der Waals surface area contributed by atoms with Gasteiger partial charge in [0.1, 0.15) is 0 Å². The quantitative estimate of drug-likeness (QED) is 0.484. The van der Waals surface area contributed by atoms with Crippen molar-refractivity contribution in [1.29, 1.82) is 0 Å². The Morgan fingerprint density at radius 1 is 0.867 bits per heavy atom. The summed E-state index contributed by atoms with van der Waals surface area (Å²) >= 11 is 18.0. The van der Waals surface area contributed by atoms with Gasteiger partial charge in [-0.1, -0.05) is 59.1 Å². The van der Waals surface area contributed by atoms with Gasteiger partial charge >= 0.3 is 0 Å². The van der Waals surface area contributed by atoms with E-state index in [4.69, 9.17) is 34.8 Å². The van der Waals surface area contributed by atoms with Gasteiger partial charge in [-0.25, -0.2) is 8.42 Å². The Balaban J connectivity index is 1.89. The summed E-state index contributed by atoms with van der Waals surface area (Å²) < 4.78 is 27.5. The molecule has 0 atom stereocenters. The van der Waals surface area contributed by atoms with Crippen LogP contribution in [0.2, 0.25) is 15.1 Å². The minimum absolute atomic E-state index is 0.0227. The lowest BCUT2D eigenvalue weighted by molar-refractivity contribution is -0.116. The minimum atomic E-state index is -4.00. The second kappa shape index (κ2) is 9.81. The molecule has 0 aliphatic carbocycles. The van der Waals surface area contributed by atoms with Gasteiger partial charge in [-0.15, -0.1) is 0 Å². The lowest BCUT2D eigenvalue weighted by Gasteiger charge is -2.22. The minimum Gasteiger partial charge on any atom is -0.325 e. The molecule has 5 nitrogen and oxygen atoms in total. The SMILES string of the molecule is O=C(CN(Cc1ccccc1Cl)S(=O)(=O)c1ccc(Cl)cc1)Nc1cccc(Cl)c1. The maximum absolute atomic E-state index is 13.2. The molecule has 0 fully saturated rings. The first-order chi connectivity index (χ1) is 14.3. The summed E-state index contributed by atoms with van der Waals surface area (Å²) in [4.78, 5) is 12.6. The standard InChI is InChI=1S/C21H17Cl3N2O3S/c22-16-8-10-19(11-9-16)30(28,29)26(13-15-4-1-2-7-20(15)24)14-21(27)25-18-6-3-5-17(23)12-18/h1-12H,13-14H2,(H,25,27). The molecule has 3 aromatic rings. The lowest BCUT2D eigenvalue weighted by Crippen LogP contribution is -2.37. The predicted octanol–water partition coefficient (Wildman–Crippen LogP) is 5.48. The number of benzene rings is 3. The van der Waals surface area contributed by atoms with E-state index in [1.807, 2.05) is 0 Å². The highest BCUT2D eigenvalue weighted by atomic mass is 35.5. The van der Waals surface area contributed by atoms with Crippen LogP contribution in [-0.2, 0) is 21.4 Å². The monoisotopic (exact) mass is 482 g/mol. The van der Waals surface area contributed by atoms with Crippen LogP contribution >= 0.6 is 34.8 Å². The van der Waals surface area contributed by atoms with Crippen LogP contribution in [0, 0.1) is 0 Å². The number of nitrogens with zero attached hydrogens (tertiary/aromatic N) is 1. The van der Waals surface area contributed by atoms with Crippen molar-refractivity contribution in [2.75, 3.05) is 11.9 Å². The van der Waals surface area contributed by atoms with Crippen molar-refractivity contribution in [2.45, 2.75) is 11.4 Å². The van der Waals surface area contributed by atoms with E-state index in [2.05, 4.69) is 5.32 Å². The fourth-order valence-electron chi connectivity index (χ4n) is 2.73. The second-order valence-electron chi connectivity index (χ2n) is 6.38. The van der Waals surface area contributed by atoms with E-state index in [0.29, 0.717) is 26.3 Å². The summed E-state index contributed by atoms with van der Waals surface area (Å²) in [6.07, 6.45) is 0. The van der Waals surface area contributed by atoms with Gasteiger partial charge in [0, 0.05) is 27.3 Å². The van der Waals surface area contributed by atoms with Crippen molar-refractivity contribution in [2.24, 2.45) is 0 Å². The maximum Gasteiger partial charge on any atom is 0.243 e. The van der Waals surface area contributed by atoms with Gasteiger partial charge in [-0.2, -0.15) is 4.31 Å². The molecular formula is C21H17Cl3N2O3S. The summed E-state index contributed by atoms with van der Waals surface area (Å²) in [6, 6.07) is 19.2. The molecule has 0 unspecified atom stereocenters. The van der Waals surface area contributed by atoms with Gasteiger partial charge in [0.05, 0.1) is 11.4 Å². The molecule has 0 aliphatic rings. The number of hydrogen-bond acceptors (Lipinski definition) is 3. The fourth-order valence-corrected chi connectivity index (χ4v) is 4.61. The molecule has 0 spiro atoms. The predicted molar refractivity (Wildman–Crippen MR) is 121 cm³/mol. The molecule has 3 aromatic carbocycles. The van der Waals surface area contributed by atoms with Crippen LogP contribution in [0.15, 0.2) is 77.7 Å². The zero-order chi connectivity index (χ0) is 21.7. The third-order valence-corrected chi connectivity index (χ3v) is 6.85. The average molecular weight is 484 g/mol. The molecule has 0 aromatic heterocycles. The van der Waals surface area contributed by atoms with E-state index in [9.17, 15) is 13.2 Å². The second-order valence-corrected chi connectivity index (χ2v) is 9.59. The van der Waals surface area contributed by atoms with Gasteiger partial charge in [0.15, 0.2) is 0 Å². The zero-order valence-corrected chi connectivity index (χ0v) is 18.6. The van der Waals surface area contributed by atoms with E-state index < -0.39 is 22.5 Å². The average Bonchev–Trinajstić information content (AvgIpc) is 2.69. The zero-order valence-electron chi connectivity index (χ0n) is 15.6. The number of halogens is 3. The fraction of sp³-hybridized carbons (Fsp3) is 0.0952.